The van der Waals surface area contributed by atoms with Gasteiger partial charge < -0.3 is 15.4 Å². The second-order valence-corrected chi connectivity index (χ2v) is 7.41. The zero-order chi connectivity index (χ0) is 14.8. The van der Waals surface area contributed by atoms with E-state index in [4.69, 9.17) is 10.5 Å². The summed E-state index contributed by atoms with van der Waals surface area (Å²) in [5, 5.41) is 0. The highest BCUT2D eigenvalue weighted by atomic mass is 16.6. The minimum absolute atomic E-state index is 0.128. The molecule has 2 fully saturated rings. The predicted molar refractivity (Wildman–Crippen MR) is 80.5 cm³/mol. The molecule has 0 aromatic rings. The molecular formula is C16H30N2O2. The number of hydrogen-bond donors (Lipinski definition) is 1. The molecule has 1 saturated heterocycles. The zero-order valence-electron chi connectivity index (χ0n) is 13.2. The lowest BCUT2D eigenvalue weighted by molar-refractivity contribution is -0.00201. The molecule has 0 spiro atoms. The maximum atomic E-state index is 12.4. The van der Waals surface area contributed by atoms with E-state index in [0.29, 0.717) is 18.0 Å². The van der Waals surface area contributed by atoms with Crippen LogP contribution in [-0.4, -0.2) is 35.2 Å². The summed E-state index contributed by atoms with van der Waals surface area (Å²) in [5.41, 5.74) is 5.59. The fourth-order valence-electron chi connectivity index (χ4n) is 3.52. The van der Waals surface area contributed by atoms with Gasteiger partial charge in [-0.1, -0.05) is 0 Å². The number of carbonyl (C=O) groups is 1. The molecule has 0 bridgehead atoms. The number of nitrogens with two attached hydrogens (primary N) is 1. The largest absolute Gasteiger partial charge is 0.444 e. The molecular weight excluding hydrogens is 252 g/mol. The fraction of sp³-hybridized carbons (Fsp3) is 0.938. The van der Waals surface area contributed by atoms with Crippen molar-refractivity contribution in [2.45, 2.75) is 83.4 Å². The Kier molecular flexibility index (Phi) is 4.95. The Labute approximate surface area is 123 Å². The second-order valence-electron chi connectivity index (χ2n) is 7.41. The monoisotopic (exact) mass is 282 g/mol. The average molecular weight is 282 g/mol. The smallest absolute Gasteiger partial charge is 0.410 e. The van der Waals surface area contributed by atoms with E-state index in [0.717, 1.165) is 45.1 Å². The van der Waals surface area contributed by atoms with Gasteiger partial charge in [0.25, 0.3) is 0 Å². The Morgan fingerprint density at radius 1 is 1.10 bits per heavy atom. The van der Waals surface area contributed by atoms with Crippen LogP contribution in [0.5, 0.6) is 0 Å². The van der Waals surface area contributed by atoms with Gasteiger partial charge in [-0.3, -0.25) is 0 Å². The van der Waals surface area contributed by atoms with E-state index < -0.39 is 5.60 Å². The van der Waals surface area contributed by atoms with Gasteiger partial charge in [-0.25, -0.2) is 4.79 Å². The number of carbonyl (C=O) groups excluding carboxylic acids is 1. The number of piperidine rings is 1. The fourth-order valence-corrected chi connectivity index (χ4v) is 3.52. The molecule has 0 aromatic heterocycles. The number of likely N-dealkylation sites (tertiary alicyclic amines) is 1. The van der Waals surface area contributed by atoms with E-state index in [-0.39, 0.29) is 6.09 Å². The molecule has 1 saturated carbocycles. The van der Waals surface area contributed by atoms with Crippen molar-refractivity contribution >= 4 is 6.09 Å². The summed E-state index contributed by atoms with van der Waals surface area (Å²) in [6.45, 7) is 6.65. The normalized spacial score (nSPS) is 32.0. The molecule has 0 aromatic carbocycles. The van der Waals surface area contributed by atoms with E-state index >= 15 is 0 Å². The first-order valence-electron chi connectivity index (χ1n) is 8.12. The van der Waals surface area contributed by atoms with Crippen molar-refractivity contribution in [2.24, 2.45) is 11.7 Å². The lowest BCUT2D eigenvalue weighted by Crippen LogP contribution is -2.50. The summed E-state index contributed by atoms with van der Waals surface area (Å²) in [7, 11) is 0. The van der Waals surface area contributed by atoms with Crippen LogP contribution >= 0.6 is 0 Å². The molecule has 1 atom stereocenters. The van der Waals surface area contributed by atoms with Gasteiger partial charge in [0.05, 0.1) is 0 Å². The van der Waals surface area contributed by atoms with E-state index in [1.165, 1.54) is 6.42 Å². The van der Waals surface area contributed by atoms with Crippen LogP contribution in [0.3, 0.4) is 0 Å². The van der Waals surface area contributed by atoms with Gasteiger partial charge in [0, 0.05) is 18.6 Å². The third-order valence-corrected chi connectivity index (χ3v) is 4.54. The molecule has 1 aliphatic carbocycles. The molecule has 0 radical (unpaired) electrons. The third kappa shape index (κ3) is 4.11. The van der Waals surface area contributed by atoms with E-state index in [9.17, 15) is 4.79 Å². The second kappa shape index (κ2) is 6.33. The van der Waals surface area contributed by atoms with Gasteiger partial charge in [0.15, 0.2) is 0 Å². The van der Waals surface area contributed by atoms with Crippen molar-refractivity contribution in [3.63, 3.8) is 0 Å². The van der Waals surface area contributed by atoms with Crippen LogP contribution in [0, 0.1) is 5.92 Å². The molecule has 20 heavy (non-hydrogen) atoms. The van der Waals surface area contributed by atoms with Gasteiger partial charge >= 0.3 is 6.09 Å². The van der Waals surface area contributed by atoms with Crippen molar-refractivity contribution in [1.29, 1.82) is 0 Å². The standard InChI is InChI=1S/C16H30N2O2/c1-16(2,3)20-15(19)18-11-5-4-6-14(18)12-7-9-13(17)10-8-12/h12-14H,4-11,17H2,1-3H3/t12?,13?,14-/m0/s1. The highest BCUT2D eigenvalue weighted by molar-refractivity contribution is 5.68. The average Bonchev–Trinajstić information content (AvgIpc) is 2.38. The van der Waals surface area contributed by atoms with Crippen molar-refractivity contribution in [3.8, 4) is 0 Å². The molecule has 1 aliphatic heterocycles. The first-order chi connectivity index (χ1) is 9.37. The van der Waals surface area contributed by atoms with Gasteiger partial charge in [-0.05, 0) is 71.6 Å². The molecule has 0 unspecified atom stereocenters. The summed E-state index contributed by atoms with van der Waals surface area (Å²) < 4.78 is 5.58. The first-order valence-corrected chi connectivity index (χ1v) is 8.12. The summed E-state index contributed by atoms with van der Waals surface area (Å²) in [5.74, 6) is 0.614. The first kappa shape index (κ1) is 15.6. The molecule has 1 amide bonds. The topological polar surface area (TPSA) is 55.6 Å². The van der Waals surface area contributed by atoms with Crippen LogP contribution in [-0.2, 0) is 4.74 Å². The van der Waals surface area contributed by atoms with Gasteiger partial charge in [0.2, 0.25) is 0 Å². The lowest BCUT2D eigenvalue weighted by atomic mass is 9.78. The summed E-state index contributed by atoms with van der Waals surface area (Å²) >= 11 is 0. The highest BCUT2D eigenvalue weighted by Crippen LogP contribution is 2.34. The summed E-state index contributed by atoms with van der Waals surface area (Å²) in [4.78, 5) is 14.4. The van der Waals surface area contributed by atoms with Crippen LogP contribution in [0.4, 0.5) is 4.79 Å². The Morgan fingerprint density at radius 2 is 1.75 bits per heavy atom. The van der Waals surface area contributed by atoms with Crippen LogP contribution in [0.1, 0.15) is 65.7 Å². The lowest BCUT2D eigenvalue weighted by Gasteiger charge is -2.42. The van der Waals surface area contributed by atoms with Gasteiger partial charge in [-0.2, -0.15) is 0 Å². The number of hydrogen-bond acceptors (Lipinski definition) is 3. The number of nitrogens with zero attached hydrogens (tertiary/aromatic N) is 1. The Hall–Kier alpha value is -0.770. The maximum absolute atomic E-state index is 12.4. The Balaban J connectivity index is 1.99. The Bertz CT molecular complexity index is 330. The third-order valence-electron chi connectivity index (χ3n) is 4.54. The zero-order valence-corrected chi connectivity index (χ0v) is 13.2. The SMILES string of the molecule is CC(C)(C)OC(=O)N1CCCC[C@H]1C1CCC(N)CC1. The molecule has 4 nitrogen and oxygen atoms in total. The molecule has 116 valence electrons. The molecule has 2 rings (SSSR count). The van der Waals surface area contributed by atoms with E-state index in [1.54, 1.807) is 0 Å². The molecule has 1 heterocycles. The maximum Gasteiger partial charge on any atom is 0.410 e. The van der Waals surface area contributed by atoms with Crippen LogP contribution in [0.2, 0.25) is 0 Å². The van der Waals surface area contributed by atoms with Gasteiger partial charge in [-0.15, -0.1) is 0 Å². The van der Waals surface area contributed by atoms with Crippen LogP contribution in [0.15, 0.2) is 0 Å². The number of amides is 1. The van der Waals surface area contributed by atoms with E-state index in [2.05, 4.69) is 0 Å². The van der Waals surface area contributed by atoms with Crippen molar-refractivity contribution < 1.29 is 9.53 Å². The minimum Gasteiger partial charge on any atom is -0.444 e. The Morgan fingerprint density at radius 3 is 2.35 bits per heavy atom. The highest BCUT2D eigenvalue weighted by Gasteiger charge is 2.36. The number of rotatable bonds is 1. The minimum atomic E-state index is -0.409. The number of ether oxygens (including phenoxy) is 1. The molecule has 2 aliphatic rings. The van der Waals surface area contributed by atoms with E-state index in [1.807, 2.05) is 25.7 Å². The van der Waals surface area contributed by atoms with Crippen molar-refractivity contribution in [3.05, 3.63) is 0 Å². The van der Waals surface area contributed by atoms with Crippen LogP contribution in [0.25, 0.3) is 0 Å². The van der Waals surface area contributed by atoms with Crippen molar-refractivity contribution in [2.75, 3.05) is 6.54 Å². The summed E-state index contributed by atoms with van der Waals surface area (Å²) in [6.07, 6.45) is 7.84. The quantitative estimate of drug-likeness (QED) is 0.803. The molecule has 4 heteroatoms. The summed E-state index contributed by atoms with van der Waals surface area (Å²) in [6, 6.07) is 0.732. The molecule has 2 N–H and O–H groups in total. The predicted octanol–water partition coefficient (Wildman–Crippen LogP) is 3.29. The van der Waals surface area contributed by atoms with Crippen LogP contribution < -0.4 is 5.73 Å². The van der Waals surface area contributed by atoms with Crippen molar-refractivity contribution in [1.82, 2.24) is 4.90 Å². The van der Waals surface area contributed by atoms with Gasteiger partial charge in [0.1, 0.15) is 5.60 Å².